The second kappa shape index (κ2) is 8.37. The first kappa shape index (κ1) is 19.1. The van der Waals surface area contributed by atoms with Gasteiger partial charge in [0.05, 0.1) is 36.5 Å². The van der Waals surface area contributed by atoms with E-state index in [4.69, 9.17) is 16.3 Å². The Morgan fingerprint density at radius 2 is 2.04 bits per heavy atom. The zero-order chi connectivity index (χ0) is 19.3. The third-order valence-corrected chi connectivity index (χ3v) is 4.76. The van der Waals surface area contributed by atoms with E-state index in [2.05, 4.69) is 20.4 Å². The van der Waals surface area contributed by atoms with Crippen LogP contribution in [0.25, 0.3) is 5.69 Å². The molecule has 8 heteroatoms. The largest absolute Gasteiger partial charge is 0.491 e. The maximum Gasteiger partial charge on any atom is 0.247 e. The Morgan fingerprint density at radius 1 is 1.26 bits per heavy atom. The summed E-state index contributed by atoms with van der Waals surface area (Å²) in [7, 11) is 0. The summed E-state index contributed by atoms with van der Waals surface area (Å²) in [5, 5.41) is 17.0. The van der Waals surface area contributed by atoms with Gasteiger partial charge in [0.15, 0.2) is 0 Å². The van der Waals surface area contributed by atoms with E-state index in [1.807, 2.05) is 50.2 Å². The molecule has 0 fully saturated rings. The number of pyridine rings is 1. The minimum Gasteiger partial charge on any atom is -0.491 e. The van der Waals surface area contributed by atoms with Crippen molar-refractivity contribution in [1.82, 2.24) is 19.7 Å². The van der Waals surface area contributed by atoms with Crippen LogP contribution in [-0.4, -0.2) is 43.9 Å². The Morgan fingerprint density at radius 3 is 2.74 bits per heavy atom. The molecule has 1 unspecified atom stereocenters. The fourth-order valence-corrected chi connectivity index (χ4v) is 2.41. The van der Waals surface area contributed by atoms with Gasteiger partial charge in [0.25, 0.3) is 0 Å². The molecule has 1 atom stereocenters. The van der Waals surface area contributed by atoms with Crippen molar-refractivity contribution in [2.45, 2.75) is 13.8 Å². The van der Waals surface area contributed by atoms with E-state index in [1.54, 1.807) is 17.2 Å². The summed E-state index contributed by atoms with van der Waals surface area (Å²) in [6.07, 6.45) is 3.29. The van der Waals surface area contributed by atoms with Crippen LogP contribution in [0.2, 0.25) is 0 Å². The topological polar surface area (TPSA) is 85.1 Å². The van der Waals surface area contributed by atoms with Crippen molar-refractivity contribution in [3.8, 4) is 11.4 Å². The Balaban J connectivity index is 1.73. The van der Waals surface area contributed by atoms with Crippen LogP contribution in [-0.2, 0) is 0 Å². The molecule has 27 heavy (non-hydrogen) atoms. The molecule has 3 aromatic rings. The molecular weight excluding hydrogens is 366 g/mol. The SMILES string of the molecule is Cc1ncc(OCC(C)(CO)CCl)cc1Nc1ncn(-c2ccccc2)n1. The lowest BCUT2D eigenvalue weighted by Crippen LogP contribution is -2.31. The molecule has 0 amide bonds. The number of aryl methyl sites for hydroxylation is 1. The van der Waals surface area contributed by atoms with Crippen LogP contribution in [0.1, 0.15) is 12.6 Å². The summed E-state index contributed by atoms with van der Waals surface area (Å²) in [5.41, 5.74) is 1.96. The van der Waals surface area contributed by atoms with Crippen LogP contribution in [0, 0.1) is 12.3 Å². The van der Waals surface area contributed by atoms with E-state index in [0.717, 1.165) is 17.1 Å². The zero-order valence-electron chi connectivity index (χ0n) is 15.3. The summed E-state index contributed by atoms with van der Waals surface area (Å²) >= 11 is 5.90. The maximum absolute atomic E-state index is 9.44. The third-order valence-electron chi connectivity index (χ3n) is 4.11. The number of halogens is 1. The lowest BCUT2D eigenvalue weighted by atomic mass is 9.96. The molecule has 0 aliphatic rings. The number of hydrogen-bond donors (Lipinski definition) is 2. The van der Waals surface area contributed by atoms with Crippen molar-refractivity contribution in [2.24, 2.45) is 5.41 Å². The highest BCUT2D eigenvalue weighted by Crippen LogP contribution is 2.25. The van der Waals surface area contributed by atoms with Gasteiger partial charge in [0, 0.05) is 17.4 Å². The van der Waals surface area contributed by atoms with Crippen molar-refractivity contribution in [2.75, 3.05) is 24.4 Å². The van der Waals surface area contributed by atoms with Crippen molar-refractivity contribution >= 4 is 23.2 Å². The van der Waals surface area contributed by atoms with Gasteiger partial charge < -0.3 is 15.2 Å². The van der Waals surface area contributed by atoms with Gasteiger partial charge in [-0.2, -0.15) is 4.98 Å². The number of hydrogen-bond acceptors (Lipinski definition) is 6. The highest BCUT2D eigenvalue weighted by Gasteiger charge is 2.23. The number of anilines is 2. The van der Waals surface area contributed by atoms with Gasteiger partial charge in [-0.05, 0) is 19.1 Å². The second-order valence-corrected chi connectivity index (χ2v) is 6.94. The molecule has 0 bridgehead atoms. The number of alkyl halides is 1. The standard InChI is InChI=1S/C19H22ClN5O2/c1-14-17(8-16(9-21-14)27-12-19(2,10-20)11-26)23-18-22-13-25(24-18)15-6-4-3-5-7-15/h3-9,13,26H,10-12H2,1-2H3,(H,23,24). The number of aromatic nitrogens is 4. The van der Waals surface area contributed by atoms with Gasteiger partial charge >= 0.3 is 0 Å². The van der Waals surface area contributed by atoms with Crippen LogP contribution in [0.4, 0.5) is 11.6 Å². The number of nitrogens with one attached hydrogen (secondary N) is 1. The quantitative estimate of drug-likeness (QED) is 0.577. The Kier molecular flexibility index (Phi) is 5.93. The highest BCUT2D eigenvalue weighted by molar-refractivity contribution is 6.18. The normalized spacial score (nSPS) is 13.2. The smallest absolute Gasteiger partial charge is 0.247 e. The molecule has 0 saturated carbocycles. The molecule has 0 aliphatic heterocycles. The Bertz CT molecular complexity index is 881. The molecule has 2 heterocycles. The summed E-state index contributed by atoms with van der Waals surface area (Å²) in [4.78, 5) is 8.64. The number of benzene rings is 1. The third kappa shape index (κ3) is 4.75. The van der Waals surface area contributed by atoms with Crippen LogP contribution in [0.5, 0.6) is 5.75 Å². The lowest BCUT2D eigenvalue weighted by molar-refractivity contribution is 0.100. The van der Waals surface area contributed by atoms with Crippen molar-refractivity contribution < 1.29 is 9.84 Å². The van der Waals surface area contributed by atoms with E-state index in [0.29, 0.717) is 17.6 Å². The summed E-state index contributed by atoms with van der Waals surface area (Å²) < 4.78 is 7.46. The van der Waals surface area contributed by atoms with Gasteiger partial charge in [-0.25, -0.2) is 4.68 Å². The van der Waals surface area contributed by atoms with Crippen LogP contribution in [0.15, 0.2) is 48.9 Å². The van der Waals surface area contributed by atoms with Crippen molar-refractivity contribution in [1.29, 1.82) is 0 Å². The number of rotatable bonds is 8. The molecular formula is C19H22ClN5O2. The van der Waals surface area contributed by atoms with Crippen molar-refractivity contribution in [3.63, 3.8) is 0 Å². The number of aliphatic hydroxyl groups is 1. The molecule has 142 valence electrons. The van der Waals surface area contributed by atoms with Gasteiger partial charge in [-0.15, -0.1) is 16.7 Å². The number of nitrogens with zero attached hydrogens (tertiary/aromatic N) is 4. The first-order valence-corrected chi connectivity index (χ1v) is 9.07. The lowest BCUT2D eigenvalue weighted by Gasteiger charge is -2.24. The van der Waals surface area contributed by atoms with Gasteiger partial charge in [0.1, 0.15) is 12.1 Å². The minimum atomic E-state index is -0.504. The number of para-hydroxylation sites is 1. The Hall–Kier alpha value is -2.64. The molecule has 7 nitrogen and oxygen atoms in total. The molecule has 1 aromatic carbocycles. The molecule has 0 saturated heterocycles. The predicted octanol–water partition coefficient (Wildman–Crippen LogP) is 3.33. The summed E-state index contributed by atoms with van der Waals surface area (Å²) in [5.74, 6) is 1.34. The Labute approximate surface area is 163 Å². The van der Waals surface area contributed by atoms with Gasteiger partial charge in [0.2, 0.25) is 5.95 Å². The first-order chi connectivity index (χ1) is 13.0. The average molecular weight is 388 g/mol. The van der Waals surface area contributed by atoms with Gasteiger partial charge in [-0.3, -0.25) is 4.98 Å². The summed E-state index contributed by atoms with van der Waals surface area (Å²) in [6.45, 7) is 3.98. The average Bonchev–Trinajstić information content (AvgIpc) is 3.17. The predicted molar refractivity (Wildman–Crippen MR) is 105 cm³/mol. The molecule has 0 radical (unpaired) electrons. The van der Waals surface area contributed by atoms with Crippen molar-refractivity contribution in [3.05, 3.63) is 54.6 Å². The summed E-state index contributed by atoms with van der Waals surface area (Å²) in [6, 6.07) is 11.6. The van der Waals surface area contributed by atoms with E-state index in [-0.39, 0.29) is 13.2 Å². The fraction of sp³-hybridized carbons (Fsp3) is 0.316. The van der Waals surface area contributed by atoms with E-state index in [9.17, 15) is 5.11 Å². The molecule has 3 rings (SSSR count). The van der Waals surface area contributed by atoms with Gasteiger partial charge in [-0.1, -0.05) is 25.1 Å². The minimum absolute atomic E-state index is 0.0538. The van der Waals surface area contributed by atoms with E-state index < -0.39 is 5.41 Å². The number of aliphatic hydroxyl groups excluding tert-OH is 1. The monoisotopic (exact) mass is 387 g/mol. The first-order valence-electron chi connectivity index (χ1n) is 8.53. The van der Waals surface area contributed by atoms with E-state index in [1.165, 1.54) is 0 Å². The van der Waals surface area contributed by atoms with Crippen LogP contribution >= 0.6 is 11.6 Å². The van der Waals surface area contributed by atoms with Crippen LogP contribution in [0.3, 0.4) is 0 Å². The van der Waals surface area contributed by atoms with Crippen LogP contribution < -0.4 is 10.1 Å². The molecule has 0 aliphatic carbocycles. The van der Waals surface area contributed by atoms with E-state index >= 15 is 0 Å². The molecule has 2 aromatic heterocycles. The zero-order valence-corrected chi connectivity index (χ0v) is 16.0. The second-order valence-electron chi connectivity index (χ2n) is 6.67. The highest BCUT2D eigenvalue weighted by atomic mass is 35.5. The number of ether oxygens (including phenoxy) is 1. The molecule has 2 N–H and O–H groups in total. The maximum atomic E-state index is 9.44. The molecule has 0 spiro atoms. The fourth-order valence-electron chi connectivity index (χ4n) is 2.25.